The van der Waals surface area contributed by atoms with Gasteiger partial charge in [0.05, 0.1) is 6.04 Å². The molecule has 3 nitrogen and oxygen atoms in total. The second kappa shape index (κ2) is 3.59. The molecule has 1 aromatic heterocycles. The minimum absolute atomic E-state index is 0.440. The summed E-state index contributed by atoms with van der Waals surface area (Å²) in [5, 5.41) is 3.51. The molecule has 2 aromatic rings. The SMILES string of the molecule is Cc1ccc2c(c1)c1c3n2CCN(N)C3CCC1. The lowest BCUT2D eigenvalue weighted by molar-refractivity contribution is 0.144. The van der Waals surface area contributed by atoms with Crippen molar-refractivity contribution in [1.82, 2.24) is 9.58 Å². The summed E-state index contributed by atoms with van der Waals surface area (Å²) in [7, 11) is 0. The third kappa shape index (κ3) is 1.26. The lowest BCUT2D eigenvalue weighted by Crippen LogP contribution is -2.43. The Morgan fingerprint density at radius 3 is 3.06 bits per heavy atom. The van der Waals surface area contributed by atoms with Gasteiger partial charge in [0.1, 0.15) is 0 Å². The summed E-state index contributed by atoms with van der Waals surface area (Å²) in [5.41, 5.74) is 5.81. The summed E-state index contributed by atoms with van der Waals surface area (Å²) >= 11 is 0. The Morgan fingerprint density at radius 2 is 2.17 bits per heavy atom. The largest absolute Gasteiger partial charge is 0.341 e. The summed E-state index contributed by atoms with van der Waals surface area (Å²) in [6, 6.07) is 7.29. The van der Waals surface area contributed by atoms with Crippen molar-refractivity contribution in [2.75, 3.05) is 6.54 Å². The first-order chi connectivity index (χ1) is 8.75. The van der Waals surface area contributed by atoms with Gasteiger partial charge in [-0.1, -0.05) is 11.6 Å². The van der Waals surface area contributed by atoms with Crippen LogP contribution in [0.15, 0.2) is 18.2 Å². The summed E-state index contributed by atoms with van der Waals surface area (Å²) < 4.78 is 2.51. The minimum atomic E-state index is 0.440. The van der Waals surface area contributed by atoms with Gasteiger partial charge in [0.25, 0.3) is 0 Å². The molecule has 2 aliphatic rings. The molecule has 2 N–H and O–H groups in total. The van der Waals surface area contributed by atoms with Gasteiger partial charge in [0.2, 0.25) is 0 Å². The Labute approximate surface area is 107 Å². The number of aromatic nitrogens is 1. The third-order valence-corrected chi connectivity index (χ3v) is 4.57. The zero-order chi connectivity index (χ0) is 12.3. The van der Waals surface area contributed by atoms with Crippen LogP contribution in [0.5, 0.6) is 0 Å². The first-order valence-corrected chi connectivity index (χ1v) is 6.88. The van der Waals surface area contributed by atoms with Crippen molar-refractivity contribution in [3.05, 3.63) is 35.0 Å². The smallest absolute Gasteiger partial charge is 0.0646 e. The summed E-state index contributed by atoms with van der Waals surface area (Å²) in [6.07, 6.45) is 3.68. The van der Waals surface area contributed by atoms with E-state index in [0.717, 1.165) is 13.1 Å². The standard InChI is InChI=1S/C15H19N3/c1-10-5-6-13-12(9-10)11-3-2-4-14-15(11)17(13)7-8-18(14)16/h5-6,9,14H,2-4,7-8,16H2,1H3. The lowest BCUT2D eigenvalue weighted by atomic mass is 9.90. The Bertz CT molecular complexity index is 626. The van der Waals surface area contributed by atoms with Crippen molar-refractivity contribution in [1.29, 1.82) is 0 Å². The van der Waals surface area contributed by atoms with Crippen molar-refractivity contribution < 1.29 is 0 Å². The highest BCUT2D eigenvalue weighted by Crippen LogP contribution is 2.41. The molecule has 0 saturated carbocycles. The summed E-state index contributed by atoms with van der Waals surface area (Å²) in [6.45, 7) is 4.18. The van der Waals surface area contributed by atoms with Crippen LogP contribution in [0.4, 0.5) is 0 Å². The number of hydrogen-bond donors (Lipinski definition) is 1. The van der Waals surface area contributed by atoms with Crippen LogP contribution in [0.3, 0.4) is 0 Å². The van der Waals surface area contributed by atoms with E-state index in [1.54, 1.807) is 5.56 Å². The predicted octanol–water partition coefficient (Wildman–Crippen LogP) is 2.52. The minimum Gasteiger partial charge on any atom is -0.341 e. The molecule has 0 saturated heterocycles. The normalized spacial score (nSPS) is 23.3. The van der Waals surface area contributed by atoms with E-state index in [4.69, 9.17) is 5.84 Å². The van der Waals surface area contributed by atoms with Crippen molar-refractivity contribution in [3.8, 4) is 0 Å². The molecule has 1 atom stereocenters. The van der Waals surface area contributed by atoms with Gasteiger partial charge in [-0.25, -0.2) is 5.01 Å². The molecule has 94 valence electrons. The van der Waals surface area contributed by atoms with Gasteiger partial charge in [-0.2, -0.15) is 0 Å². The summed E-state index contributed by atoms with van der Waals surface area (Å²) in [5.74, 6) is 6.18. The second-order valence-corrected chi connectivity index (χ2v) is 5.68. The molecule has 3 heteroatoms. The van der Waals surface area contributed by atoms with Gasteiger partial charge in [-0.3, -0.25) is 5.84 Å². The fourth-order valence-electron chi connectivity index (χ4n) is 3.75. The fraction of sp³-hybridized carbons (Fsp3) is 0.467. The molecule has 1 unspecified atom stereocenters. The van der Waals surface area contributed by atoms with Crippen LogP contribution in [0.1, 0.15) is 35.7 Å². The number of benzene rings is 1. The number of hydrazine groups is 1. The van der Waals surface area contributed by atoms with Crippen molar-refractivity contribution in [2.24, 2.45) is 5.84 Å². The van der Waals surface area contributed by atoms with Crippen LogP contribution in [0.25, 0.3) is 10.9 Å². The average Bonchev–Trinajstić information content (AvgIpc) is 2.69. The highest BCUT2D eigenvalue weighted by Gasteiger charge is 2.33. The Hall–Kier alpha value is -1.32. The van der Waals surface area contributed by atoms with Gasteiger partial charge in [0.15, 0.2) is 0 Å². The molecule has 1 aliphatic heterocycles. The lowest BCUT2D eigenvalue weighted by Gasteiger charge is -2.37. The molecule has 0 amide bonds. The number of fused-ring (bicyclic) bond motifs is 3. The van der Waals surface area contributed by atoms with Gasteiger partial charge in [0, 0.05) is 29.7 Å². The molecule has 2 heterocycles. The predicted molar refractivity (Wildman–Crippen MR) is 73.2 cm³/mol. The molecular formula is C15H19N3. The highest BCUT2D eigenvalue weighted by molar-refractivity contribution is 5.87. The molecular weight excluding hydrogens is 222 g/mol. The first kappa shape index (κ1) is 10.6. The number of nitrogens with two attached hydrogens (primary N) is 1. The molecule has 1 aliphatic carbocycles. The van der Waals surface area contributed by atoms with Crippen molar-refractivity contribution in [2.45, 2.75) is 38.8 Å². The van der Waals surface area contributed by atoms with E-state index in [0.29, 0.717) is 6.04 Å². The van der Waals surface area contributed by atoms with Crippen LogP contribution in [0, 0.1) is 6.92 Å². The van der Waals surface area contributed by atoms with Gasteiger partial charge < -0.3 is 4.57 Å². The molecule has 18 heavy (non-hydrogen) atoms. The van der Waals surface area contributed by atoms with Crippen molar-refractivity contribution >= 4 is 10.9 Å². The zero-order valence-electron chi connectivity index (χ0n) is 10.8. The van der Waals surface area contributed by atoms with E-state index in [1.807, 2.05) is 5.01 Å². The Morgan fingerprint density at radius 1 is 1.28 bits per heavy atom. The molecule has 0 radical (unpaired) electrons. The first-order valence-electron chi connectivity index (χ1n) is 6.88. The van der Waals surface area contributed by atoms with Crippen LogP contribution >= 0.6 is 0 Å². The quantitative estimate of drug-likeness (QED) is 0.719. The topological polar surface area (TPSA) is 34.2 Å². The van der Waals surface area contributed by atoms with Gasteiger partial charge in [-0.15, -0.1) is 0 Å². The maximum Gasteiger partial charge on any atom is 0.0646 e. The van der Waals surface area contributed by atoms with Gasteiger partial charge in [-0.05, 0) is 43.9 Å². The number of nitrogens with zero attached hydrogens (tertiary/aromatic N) is 2. The molecule has 0 fully saturated rings. The molecule has 1 aromatic carbocycles. The molecule has 0 spiro atoms. The number of hydrogen-bond acceptors (Lipinski definition) is 2. The van der Waals surface area contributed by atoms with E-state index in [-0.39, 0.29) is 0 Å². The third-order valence-electron chi connectivity index (χ3n) is 4.57. The average molecular weight is 241 g/mol. The monoisotopic (exact) mass is 241 g/mol. The van der Waals surface area contributed by atoms with Crippen LogP contribution in [0.2, 0.25) is 0 Å². The van der Waals surface area contributed by atoms with Crippen LogP contribution in [-0.2, 0) is 13.0 Å². The van der Waals surface area contributed by atoms with E-state index in [2.05, 4.69) is 29.7 Å². The van der Waals surface area contributed by atoms with E-state index >= 15 is 0 Å². The van der Waals surface area contributed by atoms with E-state index in [1.165, 1.54) is 41.4 Å². The summed E-state index contributed by atoms with van der Waals surface area (Å²) in [4.78, 5) is 0. The fourth-order valence-corrected chi connectivity index (χ4v) is 3.75. The number of aryl methyl sites for hydroxylation is 2. The Kier molecular flexibility index (Phi) is 2.11. The maximum absolute atomic E-state index is 6.18. The van der Waals surface area contributed by atoms with E-state index in [9.17, 15) is 0 Å². The highest BCUT2D eigenvalue weighted by atomic mass is 15.4. The molecule has 0 bridgehead atoms. The van der Waals surface area contributed by atoms with Gasteiger partial charge >= 0.3 is 0 Å². The maximum atomic E-state index is 6.18. The molecule has 4 rings (SSSR count). The zero-order valence-corrected chi connectivity index (χ0v) is 10.8. The van der Waals surface area contributed by atoms with Crippen LogP contribution in [-0.4, -0.2) is 16.1 Å². The van der Waals surface area contributed by atoms with E-state index < -0.39 is 0 Å². The Balaban J connectivity index is 2.08. The van der Waals surface area contributed by atoms with Crippen molar-refractivity contribution in [3.63, 3.8) is 0 Å². The van der Waals surface area contributed by atoms with Crippen LogP contribution < -0.4 is 5.84 Å². The second-order valence-electron chi connectivity index (χ2n) is 5.68. The number of rotatable bonds is 0.